The molecule has 4 N–H and O–H groups in total. The molecule has 0 saturated carbocycles. The molecule has 0 aliphatic heterocycles. The van der Waals surface area contributed by atoms with E-state index in [0.29, 0.717) is 17.8 Å². The van der Waals surface area contributed by atoms with E-state index in [2.05, 4.69) is 37.0 Å². The van der Waals surface area contributed by atoms with Gasteiger partial charge < -0.3 is 5.32 Å². The number of hydrogen-bond acceptors (Lipinski definition) is 8. The summed E-state index contributed by atoms with van der Waals surface area (Å²) >= 11 is 1.81. The molecule has 0 fully saturated rings. The second kappa shape index (κ2) is 6.90. The lowest BCUT2D eigenvalue weighted by Gasteiger charge is -2.08. The van der Waals surface area contributed by atoms with E-state index in [1.54, 1.807) is 34.9 Å². The Hall–Kier alpha value is -1.87. The fourth-order valence-corrected chi connectivity index (χ4v) is 1.85. The van der Waals surface area contributed by atoms with Gasteiger partial charge in [0.1, 0.15) is 0 Å². The zero-order valence-electron chi connectivity index (χ0n) is 10.6. The molecular formula is C10H16N8S. The number of rotatable bonds is 7. The number of thioether (sulfide) groups is 1. The van der Waals surface area contributed by atoms with Crippen molar-refractivity contribution in [3.8, 4) is 5.95 Å². The van der Waals surface area contributed by atoms with Gasteiger partial charge in [0.25, 0.3) is 5.95 Å². The fourth-order valence-electron chi connectivity index (χ4n) is 1.41. The molecule has 0 aliphatic rings. The van der Waals surface area contributed by atoms with Gasteiger partial charge >= 0.3 is 0 Å². The van der Waals surface area contributed by atoms with E-state index >= 15 is 0 Å². The highest BCUT2D eigenvalue weighted by Crippen LogP contribution is 2.08. The minimum atomic E-state index is 0.299. The minimum Gasteiger partial charge on any atom is -0.354 e. The molecule has 0 atom stereocenters. The quantitative estimate of drug-likeness (QED) is 0.382. The van der Waals surface area contributed by atoms with Crippen molar-refractivity contribution in [2.45, 2.75) is 6.42 Å². The van der Waals surface area contributed by atoms with Gasteiger partial charge in [-0.2, -0.15) is 31.8 Å². The summed E-state index contributed by atoms with van der Waals surface area (Å²) in [4.78, 5) is 12.6. The number of nitrogens with one attached hydrogen (secondary N) is 2. The number of aromatic nitrogens is 5. The van der Waals surface area contributed by atoms with Gasteiger partial charge in [-0.1, -0.05) is 0 Å². The van der Waals surface area contributed by atoms with E-state index < -0.39 is 0 Å². The predicted octanol–water partition coefficient (Wildman–Crippen LogP) is 0.508. The van der Waals surface area contributed by atoms with Crippen LogP contribution in [0.1, 0.15) is 6.42 Å². The third kappa shape index (κ3) is 3.80. The van der Waals surface area contributed by atoms with Crippen molar-refractivity contribution >= 4 is 23.7 Å². The van der Waals surface area contributed by atoms with Gasteiger partial charge in [0.05, 0.1) is 0 Å². The first-order valence-electron chi connectivity index (χ1n) is 5.79. The Bertz CT molecular complexity index is 500. The lowest BCUT2D eigenvalue weighted by Crippen LogP contribution is -2.16. The summed E-state index contributed by atoms with van der Waals surface area (Å²) < 4.78 is 1.55. The molecule has 2 heterocycles. The summed E-state index contributed by atoms with van der Waals surface area (Å²) in [5.41, 5.74) is 2.42. The number of anilines is 2. The van der Waals surface area contributed by atoms with Crippen molar-refractivity contribution in [3.05, 3.63) is 18.5 Å². The second-order valence-corrected chi connectivity index (χ2v) is 4.64. The van der Waals surface area contributed by atoms with E-state index in [1.807, 2.05) is 0 Å². The SMILES string of the molecule is CSCCCNc1nc(NN)nc(-n2cccn2)n1. The van der Waals surface area contributed by atoms with E-state index in [1.165, 1.54) is 0 Å². The topological polar surface area (TPSA) is 107 Å². The highest BCUT2D eigenvalue weighted by atomic mass is 32.2. The molecule has 0 bridgehead atoms. The van der Waals surface area contributed by atoms with Crippen LogP contribution in [0.15, 0.2) is 18.5 Å². The number of nitrogen functional groups attached to an aromatic ring is 1. The van der Waals surface area contributed by atoms with Crippen LogP contribution in [0.5, 0.6) is 0 Å². The molecule has 102 valence electrons. The van der Waals surface area contributed by atoms with Crippen LogP contribution in [0, 0.1) is 0 Å². The van der Waals surface area contributed by atoms with Crippen molar-refractivity contribution in [3.63, 3.8) is 0 Å². The lowest BCUT2D eigenvalue weighted by molar-refractivity contribution is 0.794. The van der Waals surface area contributed by atoms with Crippen LogP contribution >= 0.6 is 11.8 Å². The average Bonchev–Trinajstić information content (AvgIpc) is 2.97. The molecule has 0 spiro atoms. The van der Waals surface area contributed by atoms with Gasteiger partial charge in [0, 0.05) is 18.9 Å². The molecule has 0 unspecified atom stereocenters. The first-order chi connectivity index (χ1) is 9.33. The average molecular weight is 280 g/mol. The second-order valence-electron chi connectivity index (χ2n) is 3.65. The maximum absolute atomic E-state index is 5.35. The summed E-state index contributed by atoms with van der Waals surface area (Å²) in [5, 5.41) is 7.22. The van der Waals surface area contributed by atoms with Crippen molar-refractivity contribution in [2.24, 2.45) is 5.84 Å². The van der Waals surface area contributed by atoms with Crippen LogP contribution < -0.4 is 16.6 Å². The van der Waals surface area contributed by atoms with Crippen LogP contribution in [-0.2, 0) is 0 Å². The highest BCUT2D eigenvalue weighted by Gasteiger charge is 2.07. The van der Waals surface area contributed by atoms with Crippen molar-refractivity contribution in [1.29, 1.82) is 0 Å². The molecule has 19 heavy (non-hydrogen) atoms. The molecule has 0 aromatic carbocycles. The Labute approximate surface area is 115 Å². The third-order valence-electron chi connectivity index (χ3n) is 2.27. The highest BCUT2D eigenvalue weighted by molar-refractivity contribution is 7.98. The van der Waals surface area contributed by atoms with Gasteiger partial charge in [0.15, 0.2) is 0 Å². The first kappa shape index (κ1) is 13.6. The van der Waals surface area contributed by atoms with E-state index in [4.69, 9.17) is 5.84 Å². The van der Waals surface area contributed by atoms with E-state index in [0.717, 1.165) is 18.7 Å². The third-order valence-corrected chi connectivity index (χ3v) is 2.97. The van der Waals surface area contributed by atoms with Crippen molar-refractivity contribution in [2.75, 3.05) is 29.3 Å². The largest absolute Gasteiger partial charge is 0.354 e. The number of nitrogens with two attached hydrogens (primary N) is 1. The number of nitrogens with zero attached hydrogens (tertiary/aromatic N) is 5. The Morgan fingerprint density at radius 1 is 1.32 bits per heavy atom. The van der Waals surface area contributed by atoms with Gasteiger partial charge in [-0.3, -0.25) is 5.43 Å². The predicted molar refractivity (Wildman–Crippen MR) is 76.2 cm³/mol. The summed E-state index contributed by atoms with van der Waals surface area (Å²) in [6.07, 6.45) is 6.53. The Balaban J connectivity index is 2.12. The molecule has 2 rings (SSSR count). The minimum absolute atomic E-state index is 0.299. The Morgan fingerprint density at radius 2 is 2.16 bits per heavy atom. The van der Waals surface area contributed by atoms with Gasteiger partial charge in [-0.15, -0.1) is 0 Å². The lowest BCUT2D eigenvalue weighted by atomic mass is 10.5. The van der Waals surface area contributed by atoms with E-state index in [9.17, 15) is 0 Å². The van der Waals surface area contributed by atoms with Gasteiger partial charge in [-0.05, 0) is 24.5 Å². The monoisotopic (exact) mass is 280 g/mol. The zero-order valence-corrected chi connectivity index (χ0v) is 11.4. The van der Waals surface area contributed by atoms with Crippen molar-refractivity contribution < 1.29 is 0 Å². The summed E-state index contributed by atoms with van der Waals surface area (Å²) in [7, 11) is 0. The van der Waals surface area contributed by atoms with Crippen LogP contribution in [0.25, 0.3) is 5.95 Å². The molecule has 9 heteroatoms. The normalized spacial score (nSPS) is 10.4. The molecule has 0 saturated heterocycles. The van der Waals surface area contributed by atoms with Crippen LogP contribution in [0.4, 0.5) is 11.9 Å². The van der Waals surface area contributed by atoms with Crippen LogP contribution in [-0.4, -0.2) is 43.3 Å². The number of hydrogen-bond donors (Lipinski definition) is 3. The Kier molecular flexibility index (Phi) is 4.93. The van der Waals surface area contributed by atoms with Gasteiger partial charge in [0.2, 0.25) is 11.9 Å². The Morgan fingerprint density at radius 3 is 2.84 bits per heavy atom. The summed E-state index contributed by atoms with van der Waals surface area (Å²) in [6, 6.07) is 1.80. The van der Waals surface area contributed by atoms with Crippen LogP contribution in [0.2, 0.25) is 0 Å². The van der Waals surface area contributed by atoms with E-state index in [-0.39, 0.29) is 0 Å². The van der Waals surface area contributed by atoms with Gasteiger partial charge in [-0.25, -0.2) is 10.5 Å². The molecule has 0 radical (unpaired) electrons. The maximum atomic E-state index is 5.35. The molecule has 0 amide bonds. The molecule has 0 aliphatic carbocycles. The first-order valence-corrected chi connectivity index (χ1v) is 7.18. The fraction of sp³-hybridized carbons (Fsp3) is 0.400. The number of hydrazine groups is 1. The molecule has 8 nitrogen and oxygen atoms in total. The molecular weight excluding hydrogens is 264 g/mol. The molecule has 2 aromatic rings. The van der Waals surface area contributed by atoms with Crippen LogP contribution in [0.3, 0.4) is 0 Å². The standard InChI is InChI=1S/C10H16N8S/c1-19-7-3-4-12-8-14-9(17-11)16-10(15-8)18-6-2-5-13-18/h2,5-6H,3-4,7,11H2,1H3,(H2,12,14,15,16,17). The van der Waals surface area contributed by atoms with Crippen molar-refractivity contribution in [1.82, 2.24) is 24.7 Å². The maximum Gasteiger partial charge on any atom is 0.257 e. The summed E-state index contributed by atoms with van der Waals surface area (Å²) in [5.74, 6) is 7.64. The zero-order chi connectivity index (χ0) is 13.5. The summed E-state index contributed by atoms with van der Waals surface area (Å²) in [6.45, 7) is 0.799. The molecule has 2 aromatic heterocycles. The smallest absolute Gasteiger partial charge is 0.257 e.